The van der Waals surface area contributed by atoms with Crippen LogP contribution in [0.4, 0.5) is 5.95 Å². The number of hydrogen-bond acceptors (Lipinski definition) is 4. The number of aromatic amines is 1. The highest BCUT2D eigenvalue weighted by Crippen LogP contribution is 2.33. The minimum absolute atomic E-state index is 0.273. The van der Waals surface area contributed by atoms with Crippen molar-refractivity contribution in [3.8, 4) is 0 Å². The van der Waals surface area contributed by atoms with E-state index in [0.717, 1.165) is 48.1 Å². The van der Waals surface area contributed by atoms with Gasteiger partial charge < -0.3 is 9.88 Å². The van der Waals surface area contributed by atoms with E-state index >= 15 is 0 Å². The van der Waals surface area contributed by atoms with Gasteiger partial charge in [0, 0.05) is 24.6 Å². The van der Waals surface area contributed by atoms with E-state index in [1.54, 1.807) is 0 Å². The average Bonchev–Trinajstić information content (AvgIpc) is 2.98. The molecule has 0 saturated carbocycles. The summed E-state index contributed by atoms with van der Waals surface area (Å²) in [6, 6.07) is 0.273. The Morgan fingerprint density at radius 3 is 2.58 bits per heavy atom. The summed E-state index contributed by atoms with van der Waals surface area (Å²) in [6.45, 7) is 7.10. The summed E-state index contributed by atoms with van der Waals surface area (Å²) in [5.74, 6) is 1.84. The largest absolute Gasteiger partial charge is 0.344 e. The minimum Gasteiger partial charge on any atom is -0.344 e. The molecule has 1 aliphatic heterocycles. The van der Waals surface area contributed by atoms with Crippen molar-refractivity contribution in [2.45, 2.75) is 39.7 Å². The van der Waals surface area contributed by atoms with Crippen LogP contribution in [0, 0.1) is 20.8 Å². The normalized spacial score (nSPS) is 19.1. The smallest absolute Gasteiger partial charge is 0.225 e. The summed E-state index contributed by atoms with van der Waals surface area (Å²) in [5, 5.41) is 0. The van der Waals surface area contributed by atoms with E-state index in [4.69, 9.17) is 0 Å². The summed E-state index contributed by atoms with van der Waals surface area (Å²) in [4.78, 5) is 19.1. The minimum atomic E-state index is 0.273. The number of aryl methyl sites for hydroxylation is 3. The SMILES string of the molecule is Cc1cnc(N2CCCC2c2nc(C)c(C)[nH]2)nc1. The zero-order valence-corrected chi connectivity index (χ0v) is 11.6. The van der Waals surface area contributed by atoms with E-state index in [1.165, 1.54) is 0 Å². The highest BCUT2D eigenvalue weighted by atomic mass is 15.3. The number of nitrogens with zero attached hydrogens (tertiary/aromatic N) is 4. The van der Waals surface area contributed by atoms with Crippen molar-refractivity contribution in [3.05, 3.63) is 35.2 Å². The first-order chi connectivity index (χ1) is 9.15. The van der Waals surface area contributed by atoms with Crippen molar-refractivity contribution < 1.29 is 0 Å². The van der Waals surface area contributed by atoms with Gasteiger partial charge in [-0.1, -0.05) is 0 Å². The maximum Gasteiger partial charge on any atom is 0.225 e. The number of rotatable bonds is 2. The Hall–Kier alpha value is -1.91. The van der Waals surface area contributed by atoms with E-state index in [1.807, 2.05) is 26.2 Å². The lowest BCUT2D eigenvalue weighted by molar-refractivity contribution is 0.660. The standard InChI is InChI=1S/C14H19N5/c1-9-7-15-14(16-8-9)19-6-4-5-12(19)13-17-10(2)11(3)18-13/h7-8,12H,4-6H2,1-3H3,(H,17,18). The first kappa shape index (κ1) is 12.1. The van der Waals surface area contributed by atoms with Crippen LogP contribution in [0.1, 0.15) is 41.7 Å². The molecular formula is C14H19N5. The van der Waals surface area contributed by atoms with Crippen LogP contribution < -0.4 is 4.90 Å². The first-order valence-electron chi connectivity index (χ1n) is 6.73. The molecule has 0 radical (unpaired) electrons. The van der Waals surface area contributed by atoms with Crippen molar-refractivity contribution in [1.29, 1.82) is 0 Å². The molecule has 19 heavy (non-hydrogen) atoms. The van der Waals surface area contributed by atoms with Gasteiger partial charge in [0.15, 0.2) is 0 Å². The Labute approximate surface area is 113 Å². The summed E-state index contributed by atoms with van der Waals surface area (Å²) in [5.41, 5.74) is 3.31. The molecule has 1 N–H and O–H groups in total. The van der Waals surface area contributed by atoms with Crippen LogP contribution in [0.25, 0.3) is 0 Å². The monoisotopic (exact) mass is 257 g/mol. The fraction of sp³-hybridized carbons (Fsp3) is 0.500. The van der Waals surface area contributed by atoms with Crippen molar-refractivity contribution in [1.82, 2.24) is 19.9 Å². The van der Waals surface area contributed by atoms with Gasteiger partial charge >= 0.3 is 0 Å². The Bertz CT molecular complexity index is 553. The fourth-order valence-electron chi connectivity index (χ4n) is 2.56. The molecule has 0 spiro atoms. The van der Waals surface area contributed by atoms with Gasteiger partial charge in [0.25, 0.3) is 0 Å². The molecule has 1 saturated heterocycles. The van der Waals surface area contributed by atoms with E-state index in [-0.39, 0.29) is 6.04 Å². The molecule has 0 aromatic carbocycles. The first-order valence-corrected chi connectivity index (χ1v) is 6.73. The van der Waals surface area contributed by atoms with Crippen molar-refractivity contribution in [3.63, 3.8) is 0 Å². The summed E-state index contributed by atoms with van der Waals surface area (Å²) in [6.07, 6.45) is 6.00. The van der Waals surface area contributed by atoms with Gasteiger partial charge in [-0.2, -0.15) is 0 Å². The predicted molar refractivity (Wildman–Crippen MR) is 74.2 cm³/mol. The van der Waals surface area contributed by atoms with E-state index in [0.29, 0.717) is 0 Å². The Morgan fingerprint density at radius 2 is 1.95 bits per heavy atom. The van der Waals surface area contributed by atoms with Crippen LogP contribution in [0.2, 0.25) is 0 Å². The van der Waals surface area contributed by atoms with Crippen molar-refractivity contribution in [2.75, 3.05) is 11.4 Å². The molecule has 3 rings (SSSR count). The molecule has 3 heterocycles. The highest BCUT2D eigenvalue weighted by molar-refractivity contribution is 5.35. The summed E-state index contributed by atoms with van der Waals surface area (Å²) >= 11 is 0. The molecule has 0 bridgehead atoms. The number of imidazole rings is 1. The van der Waals surface area contributed by atoms with Gasteiger partial charge in [0.1, 0.15) is 5.82 Å². The second-order valence-corrected chi connectivity index (χ2v) is 5.24. The van der Waals surface area contributed by atoms with E-state index in [9.17, 15) is 0 Å². The van der Waals surface area contributed by atoms with Gasteiger partial charge in [-0.05, 0) is 39.2 Å². The van der Waals surface area contributed by atoms with Crippen molar-refractivity contribution in [2.24, 2.45) is 0 Å². The molecule has 0 aliphatic carbocycles. The Morgan fingerprint density at radius 1 is 1.21 bits per heavy atom. The third-order valence-electron chi connectivity index (χ3n) is 3.74. The van der Waals surface area contributed by atoms with Crippen molar-refractivity contribution >= 4 is 5.95 Å². The van der Waals surface area contributed by atoms with E-state index < -0.39 is 0 Å². The third kappa shape index (κ3) is 2.20. The third-order valence-corrected chi connectivity index (χ3v) is 3.74. The van der Waals surface area contributed by atoms with Crippen LogP contribution >= 0.6 is 0 Å². The second kappa shape index (κ2) is 4.64. The maximum atomic E-state index is 4.63. The lowest BCUT2D eigenvalue weighted by Crippen LogP contribution is -2.25. The zero-order valence-electron chi connectivity index (χ0n) is 11.6. The molecule has 100 valence electrons. The number of anilines is 1. The Balaban J connectivity index is 1.91. The highest BCUT2D eigenvalue weighted by Gasteiger charge is 2.30. The van der Waals surface area contributed by atoms with Gasteiger partial charge in [-0.3, -0.25) is 0 Å². The number of nitrogens with one attached hydrogen (secondary N) is 1. The van der Waals surface area contributed by atoms with Gasteiger partial charge in [-0.25, -0.2) is 15.0 Å². The average molecular weight is 257 g/mol. The lowest BCUT2D eigenvalue weighted by Gasteiger charge is -2.22. The molecule has 0 amide bonds. The van der Waals surface area contributed by atoms with Crippen LogP contribution in [0.3, 0.4) is 0 Å². The topological polar surface area (TPSA) is 57.7 Å². The fourth-order valence-corrected chi connectivity index (χ4v) is 2.56. The van der Waals surface area contributed by atoms with Gasteiger partial charge in [-0.15, -0.1) is 0 Å². The Kier molecular flexibility index (Phi) is 2.97. The molecule has 1 fully saturated rings. The van der Waals surface area contributed by atoms with Gasteiger partial charge in [0.05, 0.1) is 11.7 Å². The second-order valence-electron chi connectivity index (χ2n) is 5.24. The van der Waals surface area contributed by atoms with Crippen LogP contribution in [-0.2, 0) is 0 Å². The molecule has 2 aromatic rings. The van der Waals surface area contributed by atoms with Crippen LogP contribution in [0.5, 0.6) is 0 Å². The number of hydrogen-bond donors (Lipinski definition) is 1. The summed E-state index contributed by atoms with van der Waals surface area (Å²) in [7, 11) is 0. The zero-order chi connectivity index (χ0) is 13.4. The maximum absolute atomic E-state index is 4.63. The van der Waals surface area contributed by atoms with Crippen LogP contribution in [-0.4, -0.2) is 26.5 Å². The van der Waals surface area contributed by atoms with Crippen LogP contribution in [0.15, 0.2) is 12.4 Å². The molecule has 5 nitrogen and oxygen atoms in total. The summed E-state index contributed by atoms with van der Waals surface area (Å²) < 4.78 is 0. The molecule has 2 aromatic heterocycles. The number of aromatic nitrogens is 4. The molecular weight excluding hydrogens is 238 g/mol. The number of H-pyrrole nitrogens is 1. The molecule has 1 atom stereocenters. The molecule has 1 aliphatic rings. The quantitative estimate of drug-likeness (QED) is 0.898. The van der Waals surface area contributed by atoms with E-state index in [2.05, 4.69) is 31.8 Å². The van der Waals surface area contributed by atoms with Gasteiger partial charge in [0.2, 0.25) is 5.95 Å². The molecule has 5 heteroatoms. The molecule has 1 unspecified atom stereocenters. The lowest BCUT2D eigenvalue weighted by atomic mass is 10.2. The predicted octanol–water partition coefficient (Wildman–Crippen LogP) is 2.47.